The van der Waals surface area contributed by atoms with Crippen molar-refractivity contribution in [1.82, 2.24) is 14.8 Å². The summed E-state index contributed by atoms with van der Waals surface area (Å²) in [4.78, 5) is 16.3. The van der Waals surface area contributed by atoms with Gasteiger partial charge in [0.05, 0.1) is 11.4 Å². The second kappa shape index (κ2) is 5.07. The molecule has 0 unspecified atom stereocenters. The van der Waals surface area contributed by atoms with Crippen LogP contribution in [0.2, 0.25) is 0 Å². The number of nitrogen functional groups attached to an aromatic ring is 1. The fraction of sp³-hybridized carbons (Fsp3) is 0.250. The molecule has 0 saturated carbocycles. The van der Waals surface area contributed by atoms with Crippen LogP contribution in [-0.2, 0) is 7.05 Å². The van der Waals surface area contributed by atoms with Crippen LogP contribution in [0.5, 0.6) is 0 Å². The predicted molar refractivity (Wildman–Crippen MR) is 72.7 cm³/mol. The normalized spacial score (nSPS) is 10.3. The van der Waals surface area contributed by atoms with Gasteiger partial charge in [-0.25, -0.2) is 10.8 Å². The smallest absolute Gasteiger partial charge is 0.255 e. The van der Waals surface area contributed by atoms with Crippen LogP contribution in [0.25, 0.3) is 0 Å². The number of carbonyl (C=O) groups excluding carboxylic acids is 1. The van der Waals surface area contributed by atoms with Gasteiger partial charge in [-0.15, -0.1) is 0 Å². The van der Waals surface area contributed by atoms with Crippen molar-refractivity contribution in [3.05, 3.63) is 35.3 Å². The molecule has 1 amide bonds. The molecule has 0 aliphatic heterocycles. The Bertz CT molecular complexity index is 619. The molecule has 0 radical (unpaired) electrons. The highest BCUT2D eigenvalue weighted by Gasteiger charge is 2.11. The van der Waals surface area contributed by atoms with Crippen molar-refractivity contribution in [2.24, 2.45) is 12.9 Å². The highest BCUT2D eigenvalue weighted by atomic mass is 16.1. The number of nitrogens with one attached hydrogen (secondary N) is 2. The molecule has 2 heterocycles. The fourth-order valence-electron chi connectivity index (χ4n) is 1.79. The highest BCUT2D eigenvalue weighted by molar-refractivity contribution is 6.04. The summed E-state index contributed by atoms with van der Waals surface area (Å²) in [7, 11) is 1.80. The first kappa shape index (κ1) is 13.0. The molecular formula is C12H16N6O. The lowest BCUT2D eigenvalue weighted by Crippen LogP contribution is -2.15. The Morgan fingerprint density at radius 2 is 2.11 bits per heavy atom. The molecule has 2 rings (SSSR count). The van der Waals surface area contributed by atoms with Crippen LogP contribution < -0.4 is 16.6 Å². The van der Waals surface area contributed by atoms with Gasteiger partial charge in [0.15, 0.2) is 0 Å². The summed E-state index contributed by atoms with van der Waals surface area (Å²) < 4.78 is 1.65. The lowest BCUT2D eigenvalue weighted by molar-refractivity contribution is 0.102. The van der Waals surface area contributed by atoms with E-state index in [0.717, 1.165) is 5.69 Å². The lowest BCUT2D eigenvalue weighted by atomic mass is 10.2. The Labute approximate surface area is 110 Å². The summed E-state index contributed by atoms with van der Waals surface area (Å²) in [6.45, 7) is 3.63. The molecule has 0 aromatic carbocycles. The summed E-state index contributed by atoms with van der Waals surface area (Å²) in [6.07, 6.45) is 1.75. The number of pyridine rings is 1. The fourth-order valence-corrected chi connectivity index (χ4v) is 1.79. The standard InChI is InChI=1S/C12H16N6O/c1-7-4-9(5-11(14-7)16-13)12(19)15-10-6-18(3)17-8(10)2/h4-6H,13H2,1-3H3,(H,14,16)(H,15,19). The third-order valence-electron chi connectivity index (χ3n) is 2.63. The average molecular weight is 260 g/mol. The maximum Gasteiger partial charge on any atom is 0.255 e. The van der Waals surface area contributed by atoms with Crippen LogP contribution in [0.15, 0.2) is 18.3 Å². The minimum atomic E-state index is -0.224. The summed E-state index contributed by atoms with van der Waals surface area (Å²) in [5.74, 6) is 5.54. The highest BCUT2D eigenvalue weighted by Crippen LogP contribution is 2.15. The number of nitrogens with two attached hydrogens (primary N) is 1. The second-order valence-corrected chi connectivity index (χ2v) is 4.28. The summed E-state index contributed by atoms with van der Waals surface area (Å²) in [6, 6.07) is 3.29. The molecule has 19 heavy (non-hydrogen) atoms. The zero-order valence-electron chi connectivity index (χ0n) is 11.1. The van der Waals surface area contributed by atoms with Crippen molar-refractivity contribution in [3.63, 3.8) is 0 Å². The van der Waals surface area contributed by atoms with E-state index in [1.807, 2.05) is 6.92 Å². The van der Waals surface area contributed by atoms with Crippen LogP contribution in [0, 0.1) is 13.8 Å². The first-order valence-corrected chi connectivity index (χ1v) is 5.76. The van der Waals surface area contributed by atoms with Gasteiger partial charge >= 0.3 is 0 Å². The van der Waals surface area contributed by atoms with Gasteiger partial charge in [-0.2, -0.15) is 5.10 Å². The molecule has 100 valence electrons. The van der Waals surface area contributed by atoms with Gasteiger partial charge in [-0.1, -0.05) is 0 Å². The first-order chi connectivity index (χ1) is 8.99. The van der Waals surface area contributed by atoms with Crippen molar-refractivity contribution in [2.45, 2.75) is 13.8 Å². The van der Waals surface area contributed by atoms with E-state index in [1.54, 1.807) is 37.0 Å². The Hall–Kier alpha value is -2.41. The Balaban J connectivity index is 2.25. The molecule has 0 aliphatic rings. The molecule has 0 fully saturated rings. The van der Waals surface area contributed by atoms with Gasteiger partial charge in [-0.05, 0) is 26.0 Å². The van der Waals surface area contributed by atoms with E-state index >= 15 is 0 Å². The van der Waals surface area contributed by atoms with Gasteiger partial charge in [0.2, 0.25) is 0 Å². The van der Waals surface area contributed by atoms with Gasteiger partial charge in [0, 0.05) is 24.5 Å². The SMILES string of the molecule is Cc1cc(C(=O)Nc2cn(C)nc2C)cc(NN)n1. The van der Waals surface area contributed by atoms with Gasteiger partial charge in [0.1, 0.15) is 5.82 Å². The molecule has 4 N–H and O–H groups in total. The number of rotatable bonds is 3. The Morgan fingerprint density at radius 1 is 1.37 bits per heavy atom. The predicted octanol–water partition coefficient (Wildman–Crippen LogP) is 0.970. The summed E-state index contributed by atoms with van der Waals surface area (Å²) in [5, 5.41) is 6.97. The largest absolute Gasteiger partial charge is 0.319 e. The lowest BCUT2D eigenvalue weighted by Gasteiger charge is -2.07. The van der Waals surface area contributed by atoms with E-state index in [1.165, 1.54) is 0 Å². The van der Waals surface area contributed by atoms with Gasteiger partial charge in [-0.3, -0.25) is 9.48 Å². The van der Waals surface area contributed by atoms with Gasteiger partial charge in [0.25, 0.3) is 5.91 Å². The monoisotopic (exact) mass is 260 g/mol. The van der Waals surface area contributed by atoms with Crippen molar-refractivity contribution >= 4 is 17.4 Å². The Kier molecular flexibility index (Phi) is 3.48. The molecule has 0 spiro atoms. The van der Waals surface area contributed by atoms with E-state index in [4.69, 9.17) is 5.84 Å². The van der Waals surface area contributed by atoms with Crippen LogP contribution in [0.4, 0.5) is 11.5 Å². The molecular weight excluding hydrogens is 244 g/mol. The van der Waals surface area contributed by atoms with Crippen molar-refractivity contribution < 1.29 is 4.79 Å². The van der Waals surface area contributed by atoms with E-state index in [9.17, 15) is 4.79 Å². The van der Waals surface area contributed by atoms with Crippen LogP contribution in [-0.4, -0.2) is 20.7 Å². The van der Waals surface area contributed by atoms with Gasteiger partial charge < -0.3 is 10.7 Å². The molecule has 0 aliphatic carbocycles. The van der Waals surface area contributed by atoms with E-state index in [0.29, 0.717) is 22.8 Å². The van der Waals surface area contributed by atoms with Crippen molar-refractivity contribution in [2.75, 3.05) is 10.7 Å². The minimum absolute atomic E-state index is 0.224. The Morgan fingerprint density at radius 3 is 2.68 bits per heavy atom. The number of aromatic nitrogens is 3. The summed E-state index contributed by atoms with van der Waals surface area (Å²) >= 11 is 0. The molecule has 0 saturated heterocycles. The number of anilines is 2. The molecule has 0 atom stereocenters. The van der Waals surface area contributed by atoms with Crippen LogP contribution in [0.1, 0.15) is 21.7 Å². The first-order valence-electron chi connectivity index (χ1n) is 5.76. The van der Waals surface area contributed by atoms with Crippen molar-refractivity contribution in [3.8, 4) is 0 Å². The van der Waals surface area contributed by atoms with E-state index < -0.39 is 0 Å². The number of hydrogen-bond acceptors (Lipinski definition) is 5. The molecule has 7 nitrogen and oxygen atoms in total. The zero-order valence-corrected chi connectivity index (χ0v) is 11.1. The number of carbonyl (C=O) groups is 1. The average Bonchev–Trinajstić information content (AvgIpc) is 2.67. The zero-order chi connectivity index (χ0) is 14.0. The second-order valence-electron chi connectivity index (χ2n) is 4.28. The molecule has 7 heteroatoms. The number of nitrogens with zero attached hydrogens (tertiary/aromatic N) is 3. The summed E-state index contributed by atoms with van der Waals surface area (Å²) in [5.41, 5.74) is 5.08. The molecule has 2 aromatic heterocycles. The van der Waals surface area contributed by atoms with Crippen LogP contribution >= 0.6 is 0 Å². The minimum Gasteiger partial charge on any atom is -0.319 e. The number of hydrazine groups is 1. The third kappa shape index (κ3) is 2.89. The van der Waals surface area contributed by atoms with E-state index in [2.05, 4.69) is 20.8 Å². The maximum absolute atomic E-state index is 12.2. The molecule has 0 bridgehead atoms. The number of hydrogen-bond donors (Lipinski definition) is 3. The number of aryl methyl sites for hydroxylation is 3. The third-order valence-corrected chi connectivity index (χ3v) is 2.63. The topological polar surface area (TPSA) is 97.9 Å². The molecule has 2 aromatic rings. The quantitative estimate of drug-likeness (QED) is 0.564. The van der Waals surface area contributed by atoms with Crippen molar-refractivity contribution in [1.29, 1.82) is 0 Å². The van der Waals surface area contributed by atoms with Crippen LogP contribution in [0.3, 0.4) is 0 Å². The number of amides is 1. The maximum atomic E-state index is 12.2. The van der Waals surface area contributed by atoms with E-state index in [-0.39, 0.29) is 5.91 Å².